The van der Waals surface area contributed by atoms with Gasteiger partial charge in [0.1, 0.15) is 11.5 Å². The molecule has 0 unspecified atom stereocenters. The molecule has 3 aromatic carbocycles. The summed E-state index contributed by atoms with van der Waals surface area (Å²) < 4.78 is 20.5. The number of ether oxygens (including phenoxy) is 1. The molecule has 14 heteroatoms. The van der Waals surface area contributed by atoms with Crippen molar-refractivity contribution < 1.29 is 43.9 Å². The fourth-order valence-electron chi connectivity index (χ4n) is 6.49. The number of H-pyrrole nitrogens is 1. The minimum Gasteiger partial charge on any atom is -0.378 e. The molecule has 5 aromatic rings. The zero-order valence-electron chi connectivity index (χ0n) is 30.9. The molecule has 0 atom stereocenters. The van der Waals surface area contributed by atoms with E-state index in [-0.39, 0.29) is 63.0 Å². The summed E-state index contributed by atoms with van der Waals surface area (Å²) in [5.41, 5.74) is 5.41. The second-order valence-electron chi connectivity index (χ2n) is 13.2. The van der Waals surface area contributed by atoms with Crippen LogP contribution >= 0.6 is 0 Å². The van der Waals surface area contributed by atoms with Gasteiger partial charge in [0.05, 0.1) is 36.4 Å². The quantitative estimate of drug-likeness (QED) is 0.142. The van der Waals surface area contributed by atoms with Crippen molar-refractivity contribution in [3.05, 3.63) is 129 Å². The third-order valence-corrected chi connectivity index (χ3v) is 9.52. The molecule has 1 aliphatic heterocycles. The van der Waals surface area contributed by atoms with Gasteiger partial charge in [0.15, 0.2) is 0 Å². The molecule has 1 fully saturated rings. The summed E-state index contributed by atoms with van der Waals surface area (Å²) in [6.07, 6.45) is 2.97. The number of halogens is 1. The Labute approximate surface area is 332 Å². The minimum absolute atomic E-state index is 0. The monoisotopic (exact) mass is 920 g/mol. The van der Waals surface area contributed by atoms with Crippen LogP contribution in [0, 0.1) is 12.7 Å². The molecule has 2 aromatic heterocycles. The molecular formula is C41H44FN7O5Re. The molecule has 12 nitrogen and oxygen atoms in total. The van der Waals surface area contributed by atoms with Gasteiger partial charge in [-0.25, -0.2) is 9.49 Å². The topological polar surface area (TPSA) is 150 Å². The molecule has 287 valence electrons. The van der Waals surface area contributed by atoms with E-state index in [9.17, 15) is 23.6 Å². The third kappa shape index (κ3) is 10.3. The Morgan fingerprint density at radius 1 is 0.873 bits per heavy atom. The number of nitrogens with zero attached hydrogens (tertiary/aromatic N) is 4. The first-order valence-corrected chi connectivity index (χ1v) is 18.2. The van der Waals surface area contributed by atoms with Crippen molar-refractivity contribution in [2.75, 3.05) is 59.0 Å². The smallest absolute Gasteiger partial charge is 0.272 e. The van der Waals surface area contributed by atoms with E-state index >= 15 is 0 Å². The van der Waals surface area contributed by atoms with Crippen molar-refractivity contribution in [2.24, 2.45) is 0 Å². The van der Waals surface area contributed by atoms with Gasteiger partial charge in [0.2, 0.25) is 5.91 Å². The number of hydrogen-bond acceptors (Lipinski definition) is 8. The van der Waals surface area contributed by atoms with E-state index in [1.807, 2.05) is 37.3 Å². The van der Waals surface area contributed by atoms with E-state index in [4.69, 9.17) is 4.74 Å². The Balaban J connectivity index is 0.00000580. The van der Waals surface area contributed by atoms with E-state index in [2.05, 4.69) is 44.9 Å². The Kier molecular flexibility index (Phi) is 14.5. The Morgan fingerprint density at radius 3 is 2.38 bits per heavy atom. The summed E-state index contributed by atoms with van der Waals surface area (Å²) in [6, 6.07) is 21.8. The first-order chi connectivity index (χ1) is 26.2. The summed E-state index contributed by atoms with van der Waals surface area (Å²) in [4.78, 5) is 58.7. The van der Waals surface area contributed by atoms with Gasteiger partial charge in [-0.1, -0.05) is 55.5 Å². The Hall–Kier alpha value is -5.13. The Bertz CT molecular complexity index is 2210. The van der Waals surface area contributed by atoms with Crippen LogP contribution in [0.5, 0.6) is 0 Å². The van der Waals surface area contributed by atoms with Crippen molar-refractivity contribution in [1.29, 1.82) is 0 Å². The normalized spacial score (nSPS) is 12.7. The molecule has 1 radical (unpaired) electrons. The van der Waals surface area contributed by atoms with E-state index in [1.54, 1.807) is 34.2 Å². The standard InChI is InChI=1S/C41H44FN7O5.Re/c1-3-28-7-6-8-30(22-28)31-21-27(2)38(45-25-31)40(52)44-14-20-54-19-13-43-26-37(50)48-15-17-49(18-16-48)41(53)34-23-29(11-12-35(34)42)24-36-32-9-4-5-10-33(32)39(51)47-46-36;/h4-12,21-23,25,43H,3,13-20,24,26H2,1-2H3,(H,44,52)(H,47,51);. The largest absolute Gasteiger partial charge is 0.378 e. The van der Waals surface area contributed by atoms with E-state index in [0.717, 1.165) is 23.1 Å². The molecular weight excluding hydrogens is 876 g/mol. The van der Waals surface area contributed by atoms with Crippen molar-refractivity contribution in [3.8, 4) is 11.1 Å². The number of fused-ring (bicyclic) bond motifs is 1. The van der Waals surface area contributed by atoms with Crippen LogP contribution in [0.1, 0.15) is 50.2 Å². The number of aromatic amines is 1. The number of piperazine rings is 1. The van der Waals surface area contributed by atoms with Gasteiger partial charge in [-0.15, -0.1) is 0 Å². The Morgan fingerprint density at radius 2 is 1.62 bits per heavy atom. The molecule has 0 saturated carbocycles. The number of hydrogen-bond donors (Lipinski definition) is 3. The maximum Gasteiger partial charge on any atom is 0.272 e. The number of aryl methyl sites for hydroxylation is 2. The minimum atomic E-state index is -0.623. The van der Waals surface area contributed by atoms with E-state index in [0.29, 0.717) is 73.5 Å². The molecule has 55 heavy (non-hydrogen) atoms. The predicted molar refractivity (Wildman–Crippen MR) is 204 cm³/mol. The van der Waals surface area contributed by atoms with Crippen LogP contribution in [0.3, 0.4) is 0 Å². The predicted octanol–water partition coefficient (Wildman–Crippen LogP) is 3.90. The summed E-state index contributed by atoms with van der Waals surface area (Å²) in [5.74, 6) is -1.43. The van der Waals surface area contributed by atoms with Crippen molar-refractivity contribution >= 4 is 28.5 Å². The number of aromatic nitrogens is 3. The number of carbonyl (C=O) groups excluding carboxylic acids is 3. The maximum atomic E-state index is 14.9. The number of nitrogens with one attached hydrogen (secondary N) is 3. The molecule has 1 saturated heterocycles. The molecule has 6 rings (SSSR count). The first kappa shape index (κ1) is 41.0. The fraction of sp³-hybridized carbons (Fsp3) is 0.317. The van der Waals surface area contributed by atoms with Gasteiger partial charge in [-0.2, -0.15) is 5.10 Å². The fourth-order valence-corrected chi connectivity index (χ4v) is 6.49. The summed E-state index contributed by atoms with van der Waals surface area (Å²) in [7, 11) is 0. The van der Waals surface area contributed by atoms with Gasteiger partial charge in [-0.05, 0) is 59.9 Å². The van der Waals surface area contributed by atoms with Crippen LogP contribution in [0.4, 0.5) is 4.39 Å². The van der Waals surface area contributed by atoms with Crippen molar-refractivity contribution in [1.82, 2.24) is 35.6 Å². The number of pyridine rings is 1. The summed E-state index contributed by atoms with van der Waals surface area (Å²) in [5, 5.41) is 13.8. The van der Waals surface area contributed by atoms with Gasteiger partial charge < -0.3 is 25.2 Å². The molecule has 3 N–H and O–H groups in total. The number of amides is 3. The molecule has 0 spiro atoms. The van der Waals surface area contributed by atoms with Crippen LogP contribution < -0.4 is 16.2 Å². The van der Waals surface area contributed by atoms with Crippen LogP contribution in [0.15, 0.2) is 83.8 Å². The van der Waals surface area contributed by atoms with Crippen LogP contribution in [0.25, 0.3) is 21.9 Å². The van der Waals surface area contributed by atoms with Gasteiger partial charge in [-0.3, -0.25) is 24.2 Å². The van der Waals surface area contributed by atoms with Crippen LogP contribution in [-0.2, 0) is 42.8 Å². The van der Waals surface area contributed by atoms with Crippen LogP contribution in [-0.4, -0.2) is 102 Å². The molecule has 0 bridgehead atoms. The average Bonchev–Trinajstić information content (AvgIpc) is 3.20. The maximum absolute atomic E-state index is 14.9. The summed E-state index contributed by atoms with van der Waals surface area (Å²) in [6.45, 7) is 6.75. The van der Waals surface area contributed by atoms with Crippen LogP contribution in [0.2, 0.25) is 0 Å². The van der Waals surface area contributed by atoms with Crippen molar-refractivity contribution in [3.63, 3.8) is 0 Å². The summed E-state index contributed by atoms with van der Waals surface area (Å²) >= 11 is 0. The zero-order chi connectivity index (χ0) is 38.0. The molecule has 3 amide bonds. The molecule has 0 aliphatic carbocycles. The molecule has 1 aliphatic rings. The first-order valence-electron chi connectivity index (χ1n) is 18.2. The second-order valence-corrected chi connectivity index (χ2v) is 13.2. The molecule has 3 heterocycles. The average molecular weight is 920 g/mol. The van der Waals surface area contributed by atoms with Crippen molar-refractivity contribution in [2.45, 2.75) is 26.7 Å². The van der Waals surface area contributed by atoms with E-state index in [1.165, 1.54) is 17.7 Å². The number of rotatable bonds is 14. The number of carbonyl (C=O) groups is 3. The third-order valence-electron chi connectivity index (χ3n) is 9.52. The SMILES string of the molecule is CCc1cccc(-c2cnc(C(=O)NCCOCCNCC(=O)N3CCN(C(=O)c4cc(Cc5n[nH]c(=O)c6ccccc56)ccc4F)CC3)c(C)c2)c1.[Re]. The van der Waals surface area contributed by atoms with Gasteiger partial charge in [0, 0.05) is 83.3 Å². The van der Waals surface area contributed by atoms with Gasteiger partial charge in [0.25, 0.3) is 17.4 Å². The zero-order valence-corrected chi connectivity index (χ0v) is 33.6. The number of benzene rings is 3. The van der Waals surface area contributed by atoms with E-state index < -0.39 is 11.7 Å². The second kappa shape index (κ2) is 19.5. The van der Waals surface area contributed by atoms with Gasteiger partial charge >= 0.3 is 0 Å².